The molecule has 0 aliphatic rings. The molecule has 0 saturated heterocycles. The highest BCUT2D eigenvalue weighted by Gasteiger charge is 2.18. The third-order valence-corrected chi connectivity index (χ3v) is 3.70. The number of benzene rings is 1. The van der Waals surface area contributed by atoms with Gasteiger partial charge in [-0.05, 0) is 5.56 Å². The van der Waals surface area contributed by atoms with E-state index in [2.05, 4.69) is 0 Å². The highest BCUT2D eigenvalue weighted by atomic mass is 32.2. The molecule has 90 valence electrons. The third kappa shape index (κ3) is 4.30. The molecule has 0 N–H and O–H groups in total. The molecule has 0 aliphatic carbocycles. The smallest absolute Gasteiger partial charge is 0.170 e. The lowest BCUT2D eigenvalue weighted by atomic mass is 10.2. The van der Waals surface area contributed by atoms with E-state index in [4.69, 9.17) is 9.47 Å². The summed E-state index contributed by atoms with van der Waals surface area (Å²) in [5, 5.41) is 0. The molecule has 16 heavy (non-hydrogen) atoms. The van der Waals surface area contributed by atoms with Crippen molar-refractivity contribution in [3.05, 3.63) is 35.9 Å². The van der Waals surface area contributed by atoms with Gasteiger partial charge in [-0.25, -0.2) is 8.42 Å². The van der Waals surface area contributed by atoms with E-state index >= 15 is 0 Å². The van der Waals surface area contributed by atoms with Gasteiger partial charge in [0.1, 0.15) is 5.75 Å². The van der Waals surface area contributed by atoms with Crippen LogP contribution in [-0.4, -0.2) is 34.7 Å². The average molecular weight is 244 g/mol. The van der Waals surface area contributed by atoms with Gasteiger partial charge in [-0.2, -0.15) is 0 Å². The first-order valence-corrected chi connectivity index (χ1v) is 6.69. The van der Waals surface area contributed by atoms with E-state index in [0.717, 1.165) is 5.56 Å². The van der Waals surface area contributed by atoms with Crippen molar-refractivity contribution in [3.63, 3.8) is 0 Å². The van der Waals surface area contributed by atoms with Crippen LogP contribution in [-0.2, 0) is 25.1 Å². The van der Waals surface area contributed by atoms with Crippen molar-refractivity contribution >= 4 is 9.84 Å². The number of sulfone groups is 1. The fraction of sp³-hybridized carbons (Fsp3) is 0.455. The predicted octanol–water partition coefficient (Wildman–Crippen LogP) is 1.22. The van der Waals surface area contributed by atoms with Crippen LogP contribution in [0.25, 0.3) is 0 Å². The molecular weight excluding hydrogens is 228 g/mol. The first kappa shape index (κ1) is 13.2. The molecule has 0 unspecified atom stereocenters. The fourth-order valence-corrected chi connectivity index (χ4v) is 2.83. The molecule has 0 saturated carbocycles. The Morgan fingerprint density at radius 3 is 2.19 bits per heavy atom. The molecule has 1 rings (SSSR count). The van der Waals surface area contributed by atoms with Crippen molar-refractivity contribution in [2.45, 2.75) is 12.0 Å². The van der Waals surface area contributed by atoms with E-state index in [1.165, 1.54) is 14.2 Å². The highest BCUT2D eigenvalue weighted by molar-refractivity contribution is 7.90. The van der Waals surface area contributed by atoms with Gasteiger partial charge in [0.05, 0.1) is 5.75 Å². The molecule has 0 radical (unpaired) electrons. The van der Waals surface area contributed by atoms with E-state index in [1.54, 1.807) is 12.1 Å². The van der Waals surface area contributed by atoms with E-state index in [9.17, 15) is 8.42 Å². The van der Waals surface area contributed by atoms with Crippen LogP contribution in [0.1, 0.15) is 5.56 Å². The summed E-state index contributed by atoms with van der Waals surface area (Å²) in [5.41, 5.74) is 0.772. The topological polar surface area (TPSA) is 52.6 Å². The van der Waals surface area contributed by atoms with Crippen molar-refractivity contribution in [2.24, 2.45) is 0 Å². The molecule has 5 heteroatoms. The molecule has 0 atom stereocenters. The summed E-state index contributed by atoms with van der Waals surface area (Å²) < 4.78 is 33.3. The summed E-state index contributed by atoms with van der Waals surface area (Å²) in [6.07, 6.45) is -0.700. The lowest BCUT2D eigenvalue weighted by molar-refractivity contribution is -0.0852. The Balaban J connectivity index is 2.66. The van der Waals surface area contributed by atoms with E-state index in [0.29, 0.717) is 0 Å². The van der Waals surface area contributed by atoms with Crippen molar-refractivity contribution in [2.75, 3.05) is 20.0 Å². The van der Waals surface area contributed by atoms with Gasteiger partial charge in [0, 0.05) is 14.2 Å². The second kappa shape index (κ2) is 5.98. The van der Waals surface area contributed by atoms with Crippen LogP contribution >= 0.6 is 0 Å². The van der Waals surface area contributed by atoms with Crippen molar-refractivity contribution in [1.29, 1.82) is 0 Å². The SMILES string of the molecule is COC(CS(=O)(=O)Cc1ccccc1)OC. The summed E-state index contributed by atoms with van der Waals surface area (Å²) in [5.74, 6) is -0.119. The lowest BCUT2D eigenvalue weighted by Gasteiger charge is -2.13. The molecule has 0 fully saturated rings. The van der Waals surface area contributed by atoms with E-state index < -0.39 is 16.1 Å². The zero-order chi connectivity index (χ0) is 12.0. The number of hydrogen-bond acceptors (Lipinski definition) is 4. The van der Waals surface area contributed by atoms with Crippen molar-refractivity contribution < 1.29 is 17.9 Å². The first-order chi connectivity index (χ1) is 7.57. The van der Waals surface area contributed by atoms with Gasteiger partial charge in [-0.3, -0.25) is 0 Å². The Morgan fingerprint density at radius 2 is 1.69 bits per heavy atom. The van der Waals surface area contributed by atoms with Crippen LogP contribution in [0.2, 0.25) is 0 Å². The second-order valence-corrected chi connectivity index (χ2v) is 5.55. The Bertz CT molecular complexity index is 395. The lowest BCUT2D eigenvalue weighted by Crippen LogP contribution is -2.25. The molecule has 1 aromatic rings. The molecule has 0 bridgehead atoms. The quantitative estimate of drug-likeness (QED) is 0.706. The Labute approximate surface area is 96.1 Å². The molecule has 1 aromatic carbocycles. The van der Waals surface area contributed by atoms with Gasteiger partial charge in [0.2, 0.25) is 0 Å². The zero-order valence-corrected chi connectivity index (χ0v) is 10.2. The minimum Gasteiger partial charge on any atom is -0.355 e. The van der Waals surface area contributed by atoms with E-state index in [1.807, 2.05) is 18.2 Å². The Morgan fingerprint density at radius 1 is 1.12 bits per heavy atom. The number of rotatable bonds is 6. The maximum atomic E-state index is 11.8. The highest BCUT2D eigenvalue weighted by Crippen LogP contribution is 2.08. The second-order valence-electron chi connectivity index (χ2n) is 3.44. The van der Waals surface area contributed by atoms with Gasteiger partial charge in [0.15, 0.2) is 16.1 Å². The summed E-state index contributed by atoms with van der Waals surface area (Å²) >= 11 is 0. The summed E-state index contributed by atoms with van der Waals surface area (Å²) in [6, 6.07) is 9.05. The maximum absolute atomic E-state index is 11.8. The fourth-order valence-electron chi connectivity index (χ4n) is 1.33. The van der Waals surface area contributed by atoms with Crippen LogP contribution < -0.4 is 0 Å². The van der Waals surface area contributed by atoms with Gasteiger partial charge < -0.3 is 9.47 Å². The molecule has 0 aliphatic heterocycles. The summed E-state index contributed by atoms with van der Waals surface area (Å²) in [6.45, 7) is 0. The van der Waals surface area contributed by atoms with Gasteiger partial charge >= 0.3 is 0 Å². The largest absolute Gasteiger partial charge is 0.355 e. The maximum Gasteiger partial charge on any atom is 0.170 e. The van der Waals surface area contributed by atoms with Gasteiger partial charge in [-0.15, -0.1) is 0 Å². The van der Waals surface area contributed by atoms with E-state index in [-0.39, 0.29) is 11.5 Å². The predicted molar refractivity (Wildman–Crippen MR) is 61.7 cm³/mol. The van der Waals surface area contributed by atoms with Crippen LogP contribution in [0.15, 0.2) is 30.3 Å². The van der Waals surface area contributed by atoms with Crippen LogP contribution in [0.4, 0.5) is 0 Å². The Kier molecular flexibility index (Phi) is 4.92. The Hall–Kier alpha value is -0.910. The molecule has 0 amide bonds. The number of methoxy groups -OCH3 is 2. The molecule has 0 heterocycles. The molecule has 0 aromatic heterocycles. The molecule has 4 nitrogen and oxygen atoms in total. The first-order valence-electron chi connectivity index (χ1n) is 4.87. The normalized spacial score (nSPS) is 11.9. The van der Waals surface area contributed by atoms with Crippen LogP contribution in [0.5, 0.6) is 0 Å². The average Bonchev–Trinajstić information content (AvgIpc) is 2.26. The van der Waals surface area contributed by atoms with Crippen molar-refractivity contribution in [1.82, 2.24) is 0 Å². The van der Waals surface area contributed by atoms with Gasteiger partial charge in [-0.1, -0.05) is 30.3 Å². The minimum absolute atomic E-state index is 0.0110. The zero-order valence-electron chi connectivity index (χ0n) is 9.42. The summed E-state index contributed by atoms with van der Waals surface area (Å²) in [4.78, 5) is 0. The molecular formula is C11H16O4S. The number of hydrogen-bond donors (Lipinski definition) is 0. The van der Waals surface area contributed by atoms with Crippen LogP contribution in [0, 0.1) is 0 Å². The standard InChI is InChI=1S/C11H16O4S/c1-14-11(15-2)9-16(12,13)8-10-6-4-3-5-7-10/h3-7,11H,8-9H2,1-2H3. The minimum atomic E-state index is -3.21. The van der Waals surface area contributed by atoms with Crippen molar-refractivity contribution in [3.8, 4) is 0 Å². The molecule has 0 spiro atoms. The van der Waals surface area contributed by atoms with Crippen LogP contribution in [0.3, 0.4) is 0 Å². The number of ether oxygens (including phenoxy) is 2. The van der Waals surface area contributed by atoms with Gasteiger partial charge in [0.25, 0.3) is 0 Å². The summed E-state index contributed by atoms with van der Waals surface area (Å²) in [7, 11) is -0.362. The third-order valence-electron chi connectivity index (χ3n) is 2.15. The monoisotopic (exact) mass is 244 g/mol.